The summed E-state index contributed by atoms with van der Waals surface area (Å²) < 4.78 is 14.3. The van der Waals surface area contributed by atoms with Crippen molar-refractivity contribution in [2.45, 2.75) is 25.7 Å². The summed E-state index contributed by atoms with van der Waals surface area (Å²) in [5, 5.41) is 0.758. The van der Waals surface area contributed by atoms with Crippen LogP contribution in [0, 0.1) is 0 Å². The second-order valence-electron chi connectivity index (χ2n) is 7.33. The van der Waals surface area contributed by atoms with Crippen LogP contribution in [-0.4, -0.2) is 18.4 Å². The van der Waals surface area contributed by atoms with Crippen molar-refractivity contribution >= 4 is 40.7 Å². The van der Waals surface area contributed by atoms with Crippen LogP contribution in [0.3, 0.4) is 0 Å². The number of nitrogens with two attached hydrogens (primary N) is 1. The topological polar surface area (TPSA) is 63.4 Å². The van der Waals surface area contributed by atoms with Gasteiger partial charge in [0.25, 0.3) is 5.91 Å². The first-order valence-corrected chi connectivity index (χ1v) is 10.4. The zero-order chi connectivity index (χ0) is 21.4. The van der Waals surface area contributed by atoms with Crippen LogP contribution in [0.15, 0.2) is 58.9 Å². The third kappa shape index (κ3) is 3.75. The van der Waals surface area contributed by atoms with E-state index in [1.54, 1.807) is 23.1 Å². The third-order valence-electron chi connectivity index (χ3n) is 5.42. The molecule has 0 atom stereocenters. The molecule has 0 aromatic heterocycles. The number of carbonyl (C=O) groups is 2. The fraction of sp³-hybridized carbons (Fsp3) is 0.217. The van der Waals surface area contributed by atoms with Crippen LogP contribution in [-0.2, 0) is 11.2 Å². The standard InChI is InChI=1S/C23H19Cl2FN2O2/c24-17-8-6-15(22(27)29)12-16(17)13-7-9-20-14(11-13)3-2-10-28(20)23(30)21-18(25)4-1-5-19(21)26/h5-9,11-12H,1-4,10H2,(H2,27,29). The normalized spacial score (nSPS) is 16.2. The summed E-state index contributed by atoms with van der Waals surface area (Å²) in [5.74, 6) is -1.51. The number of allylic oxidation sites excluding steroid dienone is 2. The molecule has 4 nitrogen and oxygen atoms in total. The van der Waals surface area contributed by atoms with Crippen molar-refractivity contribution in [1.29, 1.82) is 0 Å². The van der Waals surface area contributed by atoms with Crippen molar-refractivity contribution in [3.63, 3.8) is 0 Å². The van der Waals surface area contributed by atoms with Gasteiger partial charge in [0.2, 0.25) is 5.91 Å². The molecule has 2 aromatic rings. The number of carbonyl (C=O) groups excluding carboxylic acids is 2. The molecular weight excluding hydrogens is 426 g/mol. The van der Waals surface area contributed by atoms with Gasteiger partial charge >= 0.3 is 0 Å². The number of benzene rings is 2. The first kappa shape index (κ1) is 20.6. The summed E-state index contributed by atoms with van der Waals surface area (Å²) in [4.78, 5) is 26.2. The molecule has 2 aliphatic rings. The van der Waals surface area contributed by atoms with Gasteiger partial charge in [-0.2, -0.15) is 0 Å². The highest BCUT2D eigenvalue weighted by atomic mass is 35.5. The molecule has 2 amide bonds. The van der Waals surface area contributed by atoms with Gasteiger partial charge < -0.3 is 10.6 Å². The highest BCUT2D eigenvalue weighted by Gasteiger charge is 2.30. The second kappa shape index (κ2) is 8.25. The van der Waals surface area contributed by atoms with Gasteiger partial charge in [0.15, 0.2) is 0 Å². The van der Waals surface area contributed by atoms with Crippen LogP contribution < -0.4 is 10.6 Å². The lowest BCUT2D eigenvalue weighted by Gasteiger charge is -2.31. The van der Waals surface area contributed by atoms with Crippen LogP contribution in [0.1, 0.15) is 35.2 Å². The van der Waals surface area contributed by atoms with E-state index in [1.807, 2.05) is 18.2 Å². The van der Waals surface area contributed by atoms with Crippen LogP contribution in [0.5, 0.6) is 0 Å². The van der Waals surface area contributed by atoms with Crippen LogP contribution >= 0.6 is 23.2 Å². The summed E-state index contributed by atoms with van der Waals surface area (Å²) in [7, 11) is 0. The highest BCUT2D eigenvalue weighted by Crippen LogP contribution is 2.37. The number of hydrogen-bond acceptors (Lipinski definition) is 2. The molecule has 0 saturated heterocycles. The van der Waals surface area contributed by atoms with E-state index in [0.29, 0.717) is 35.5 Å². The summed E-state index contributed by atoms with van der Waals surface area (Å²) in [6, 6.07) is 10.5. The number of rotatable bonds is 3. The summed E-state index contributed by atoms with van der Waals surface area (Å²) in [5.41, 5.74) is 8.89. The van der Waals surface area contributed by atoms with E-state index >= 15 is 0 Å². The van der Waals surface area contributed by atoms with Crippen molar-refractivity contribution in [3.05, 3.63) is 75.1 Å². The average Bonchev–Trinajstić information content (AvgIpc) is 2.72. The first-order valence-electron chi connectivity index (χ1n) is 9.66. The van der Waals surface area contributed by atoms with E-state index in [-0.39, 0.29) is 10.6 Å². The minimum atomic E-state index is -0.560. The van der Waals surface area contributed by atoms with Gasteiger partial charge in [-0.15, -0.1) is 0 Å². The molecule has 1 heterocycles. The Kier molecular flexibility index (Phi) is 5.67. The Labute approximate surface area is 183 Å². The quantitative estimate of drug-likeness (QED) is 0.676. The van der Waals surface area contributed by atoms with Crippen LogP contribution in [0.25, 0.3) is 11.1 Å². The predicted octanol–water partition coefficient (Wildman–Crippen LogP) is 5.53. The zero-order valence-electron chi connectivity index (χ0n) is 16.1. The predicted molar refractivity (Wildman–Crippen MR) is 117 cm³/mol. The van der Waals surface area contributed by atoms with Crippen molar-refractivity contribution in [1.82, 2.24) is 0 Å². The number of aryl methyl sites for hydroxylation is 1. The fourth-order valence-corrected chi connectivity index (χ4v) is 4.42. The first-order chi connectivity index (χ1) is 14.4. The number of hydrogen-bond donors (Lipinski definition) is 1. The van der Waals surface area contributed by atoms with E-state index in [2.05, 4.69) is 0 Å². The molecule has 154 valence electrons. The van der Waals surface area contributed by atoms with Gasteiger partial charge in [-0.1, -0.05) is 29.3 Å². The SMILES string of the molecule is NC(=O)c1ccc(Cl)c(-c2ccc3c(c2)CCCN3C(=O)C2=C(Cl)CCC=C2F)c1. The zero-order valence-corrected chi connectivity index (χ0v) is 17.6. The van der Waals surface area contributed by atoms with Crippen molar-refractivity contribution in [2.24, 2.45) is 5.73 Å². The molecule has 0 saturated carbocycles. The molecule has 4 rings (SSSR count). The molecule has 0 unspecified atom stereocenters. The molecule has 0 spiro atoms. The van der Waals surface area contributed by atoms with E-state index < -0.39 is 17.6 Å². The van der Waals surface area contributed by atoms with Gasteiger partial charge in [0, 0.05) is 33.4 Å². The lowest BCUT2D eigenvalue weighted by molar-refractivity contribution is -0.115. The highest BCUT2D eigenvalue weighted by molar-refractivity contribution is 6.34. The van der Waals surface area contributed by atoms with Crippen LogP contribution in [0.4, 0.5) is 10.1 Å². The fourth-order valence-electron chi connectivity index (χ4n) is 3.91. The number of fused-ring (bicyclic) bond motifs is 1. The van der Waals surface area contributed by atoms with Crippen molar-refractivity contribution in [2.75, 3.05) is 11.4 Å². The minimum absolute atomic E-state index is 0.0444. The monoisotopic (exact) mass is 444 g/mol. The summed E-state index contributed by atoms with van der Waals surface area (Å²) >= 11 is 12.5. The molecule has 2 aromatic carbocycles. The molecule has 7 heteroatoms. The Morgan fingerprint density at radius 2 is 1.87 bits per heavy atom. The minimum Gasteiger partial charge on any atom is -0.366 e. The largest absolute Gasteiger partial charge is 0.366 e. The Morgan fingerprint density at radius 1 is 1.07 bits per heavy atom. The summed E-state index contributed by atoms with van der Waals surface area (Å²) in [6.07, 6.45) is 3.87. The van der Waals surface area contributed by atoms with Gasteiger partial charge in [-0.05, 0) is 73.2 Å². The van der Waals surface area contributed by atoms with E-state index in [4.69, 9.17) is 28.9 Å². The molecule has 0 fully saturated rings. The van der Waals surface area contributed by atoms with Gasteiger partial charge in [0.1, 0.15) is 5.83 Å². The Balaban J connectivity index is 1.72. The van der Waals surface area contributed by atoms with Gasteiger partial charge in [0.05, 0.1) is 5.57 Å². The van der Waals surface area contributed by atoms with E-state index in [1.165, 1.54) is 6.08 Å². The molecule has 1 aliphatic carbocycles. The number of primary amides is 1. The number of halogens is 3. The van der Waals surface area contributed by atoms with E-state index in [9.17, 15) is 14.0 Å². The Hall–Kier alpha value is -2.63. The smallest absolute Gasteiger partial charge is 0.262 e. The maximum atomic E-state index is 14.3. The maximum absolute atomic E-state index is 14.3. The molecular formula is C23H19Cl2FN2O2. The third-order valence-corrected chi connectivity index (χ3v) is 6.12. The molecule has 2 N–H and O–H groups in total. The van der Waals surface area contributed by atoms with Crippen molar-refractivity contribution in [3.8, 4) is 11.1 Å². The number of amides is 2. The van der Waals surface area contributed by atoms with Gasteiger partial charge in [-0.3, -0.25) is 9.59 Å². The van der Waals surface area contributed by atoms with E-state index in [0.717, 1.165) is 29.7 Å². The second-order valence-corrected chi connectivity index (χ2v) is 8.20. The Bertz CT molecular complexity index is 1120. The maximum Gasteiger partial charge on any atom is 0.262 e. The molecule has 30 heavy (non-hydrogen) atoms. The Morgan fingerprint density at radius 3 is 2.60 bits per heavy atom. The molecule has 0 bridgehead atoms. The van der Waals surface area contributed by atoms with Crippen molar-refractivity contribution < 1.29 is 14.0 Å². The van der Waals surface area contributed by atoms with Gasteiger partial charge in [-0.25, -0.2) is 4.39 Å². The molecule has 1 aliphatic heterocycles. The lowest BCUT2D eigenvalue weighted by Crippen LogP contribution is -2.37. The number of anilines is 1. The molecule has 0 radical (unpaired) electrons. The summed E-state index contributed by atoms with van der Waals surface area (Å²) in [6.45, 7) is 0.490. The van der Waals surface area contributed by atoms with Crippen LogP contribution in [0.2, 0.25) is 5.02 Å². The number of nitrogens with zero attached hydrogens (tertiary/aromatic N) is 1. The average molecular weight is 445 g/mol. The lowest BCUT2D eigenvalue weighted by atomic mass is 9.94.